The summed E-state index contributed by atoms with van der Waals surface area (Å²) in [6.45, 7) is 3.12. The molecule has 0 bridgehead atoms. The fourth-order valence-corrected chi connectivity index (χ4v) is 5.17. The molecule has 1 aliphatic carbocycles. The molecule has 2 unspecified atom stereocenters. The van der Waals surface area contributed by atoms with Crippen molar-refractivity contribution < 1.29 is 22.4 Å². The number of benzene rings is 1. The van der Waals surface area contributed by atoms with Gasteiger partial charge in [-0.15, -0.1) is 0 Å². The number of carbonyl (C=O) groups is 2. The largest absolute Gasteiger partial charge is 0.468 e. The third-order valence-electron chi connectivity index (χ3n) is 5.50. The first-order valence-electron chi connectivity index (χ1n) is 10.5. The van der Waals surface area contributed by atoms with Crippen LogP contribution < -0.4 is 10.6 Å². The van der Waals surface area contributed by atoms with Gasteiger partial charge in [0, 0.05) is 18.7 Å². The number of carbonyl (C=O) groups excluding carboxylic acids is 2. The number of furan rings is 1. The quantitative estimate of drug-likeness (QED) is 0.646. The highest BCUT2D eigenvalue weighted by Gasteiger charge is 2.30. The van der Waals surface area contributed by atoms with Crippen LogP contribution in [0.25, 0.3) is 0 Å². The average Bonchev–Trinajstić information content (AvgIpc) is 3.22. The van der Waals surface area contributed by atoms with E-state index in [0.717, 1.165) is 30.0 Å². The number of hydrogen-bond donors (Lipinski definition) is 2. The van der Waals surface area contributed by atoms with Gasteiger partial charge in [-0.2, -0.15) is 4.31 Å². The van der Waals surface area contributed by atoms with Crippen molar-refractivity contribution in [1.82, 2.24) is 9.62 Å². The van der Waals surface area contributed by atoms with Crippen LogP contribution in [0, 0.1) is 5.92 Å². The van der Waals surface area contributed by atoms with Crippen molar-refractivity contribution in [2.24, 2.45) is 5.92 Å². The SMILES string of the molecule is CC(=O)Nc1ccc(S(=O)(=O)N(CC(=O)NC2CCCCC2C)Cc2ccco2)cc1. The molecular formula is C22H29N3O5S. The van der Waals surface area contributed by atoms with E-state index in [1.807, 2.05) is 0 Å². The molecule has 3 rings (SSSR count). The molecule has 2 N–H and O–H groups in total. The zero-order valence-corrected chi connectivity index (χ0v) is 18.7. The van der Waals surface area contributed by atoms with Gasteiger partial charge in [-0.3, -0.25) is 9.59 Å². The van der Waals surface area contributed by atoms with Crippen LogP contribution in [0.3, 0.4) is 0 Å². The van der Waals surface area contributed by atoms with Crippen LogP contribution in [-0.2, 0) is 26.2 Å². The van der Waals surface area contributed by atoms with Crippen LogP contribution in [0.2, 0.25) is 0 Å². The lowest BCUT2D eigenvalue weighted by molar-refractivity contribution is -0.122. The zero-order valence-electron chi connectivity index (χ0n) is 17.8. The first kappa shape index (κ1) is 23.0. The molecule has 1 aromatic heterocycles. The molecule has 1 aromatic carbocycles. The molecular weight excluding hydrogens is 418 g/mol. The van der Waals surface area contributed by atoms with Crippen molar-refractivity contribution in [3.63, 3.8) is 0 Å². The predicted octanol–water partition coefficient (Wildman–Crippen LogP) is 3.12. The van der Waals surface area contributed by atoms with Crippen molar-refractivity contribution in [3.05, 3.63) is 48.4 Å². The first-order valence-corrected chi connectivity index (χ1v) is 11.9. The lowest BCUT2D eigenvalue weighted by Gasteiger charge is -2.30. The molecule has 1 fully saturated rings. The van der Waals surface area contributed by atoms with Crippen molar-refractivity contribution in [1.29, 1.82) is 0 Å². The molecule has 8 nitrogen and oxygen atoms in total. The van der Waals surface area contributed by atoms with E-state index in [9.17, 15) is 18.0 Å². The summed E-state index contributed by atoms with van der Waals surface area (Å²) in [5.41, 5.74) is 0.494. The summed E-state index contributed by atoms with van der Waals surface area (Å²) in [7, 11) is -3.97. The first-order chi connectivity index (χ1) is 14.8. The second-order valence-corrected chi connectivity index (χ2v) is 9.93. The lowest BCUT2D eigenvalue weighted by atomic mass is 9.86. The summed E-state index contributed by atoms with van der Waals surface area (Å²) in [4.78, 5) is 24.0. The van der Waals surface area contributed by atoms with Gasteiger partial charge in [0.25, 0.3) is 0 Å². The summed E-state index contributed by atoms with van der Waals surface area (Å²) in [5.74, 6) is 0.235. The Balaban J connectivity index is 1.78. The van der Waals surface area contributed by atoms with E-state index in [4.69, 9.17) is 4.42 Å². The Kier molecular flexibility index (Phi) is 7.50. The highest BCUT2D eigenvalue weighted by Crippen LogP contribution is 2.24. The van der Waals surface area contributed by atoms with Crippen LogP contribution in [0.5, 0.6) is 0 Å². The van der Waals surface area contributed by atoms with Gasteiger partial charge in [-0.05, 0) is 55.2 Å². The maximum atomic E-state index is 13.3. The van der Waals surface area contributed by atoms with Gasteiger partial charge < -0.3 is 15.1 Å². The smallest absolute Gasteiger partial charge is 0.243 e. The van der Waals surface area contributed by atoms with E-state index in [1.54, 1.807) is 12.1 Å². The highest BCUT2D eigenvalue weighted by molar-refractivity contribution is 7.89. The molecule has 2 amide bonds. The second-order valence-electron chi connectivity index (χ2n) is 7.99. The number of rotatable bonds is 8. The van der Waals surface area contributed by atoms with Gasteiger partial charge >= 0.3 is 0 Å². The minimum atomic E-state index is -3.97. The fraction of sp³-hybridized carbons (Fsp3) is 0.455. The van der Waals surface area contributed by atoms with Gasteiger partial charge in [-0.25, -0.2) is 8.42 Å². The predicted molar refractivity (Wildman–Crippen MR) is 117 cm³/mol. The van der Waals surface area contributed by atoms with E-state index in [0.29, 0.717) is 17.4 Å². The maximum Gasteiger partial charge on any atom is 0.243 e. The molecule has 2 atom stereocenters. The Labute approximate surface area is 183 Å². The third-order valence-corrected chi connectivity index (χ3v) is 7.31. The van der Waals surface area contributed by atoms with Gasteiger partial charge in [0.15, 0.2) is 0 Å². The Morgan fingerprint density at radius 1 is 1.13 bits per heavy atom. The molecule has 0 spiro atoms. The molecule has 0 aliphatic heterocycles. The van der Waals surface area contributed by atoms with E-state index < -0.39 is 10.0 Å². The fourth-order valence-electron chi connectivity index (χ4n) is 3.81. The molecule has 31 heavy (non-hydrogen) atoms. The number of sulfonamides is 1. The summed E-state index contributed by atoms with van der Waals surface area (Å²) < 4.78 is 33.0. The molecule has 0 saturated heterocycles. The summed E-state index contributed by atoms with van der Waals surface area (Å²) >= 11 is 0. The Bertz CT molecular complexity index is 987. The third kappa shape index (κ3) is 6.18. The summed E-state index contributed by atoms with van der Waals surface area (Å²) in [6, 6.07) is 9.27. The van der Waals surface area contributed by atoms with Crippen LogP contribution >= 0.6 is 0 Å². The second kappa shape index (κ2) is 10.1. The summed E-state index contributed by atoms with van der Waals surface area (Å²) in [6.07, 6.45) is 5.64. The van der Waals surface area contributed by atoms with E-state index in [2.05, 4.69) is 17.6 Å². The van der Waals surface area contributed by atoms with E-state index >= 15 is 0 Å². The molecule has 2 aromatic rings. The van der Waals surface area contributed by atoms with Crippen LogP contribution in [0.1, 0.15) is 45.3 Å². The zero-order chi connectivity index (χ0) is 22.4. The van der Waals surface area contributed by atoms with Crippen molar-refractivity contribution in [2.75, 3.05) is 11.9 Å². The Hall–Kier alpha value is -2.65. The number of anilines is 1. The highest BCUT2D eigenvalue weighted by atomic mass is 32.2. The minimum absolute atomic E-state index is 0.0343. The minimum Gasteiger partial charge on any atom is -0.468 e. The van der Waals surface area contributed by atoms with Gasteiger partial charge in [0.05, 0.1) is 24.2 Å². The average molecular weight is 448 g/mol. The summed E-state index contributed by atoms with van der Waals surface area (Å²) in [5, 5.41) is 5.61. The number of amides is 2. The lowest BCUT2D eigenvalue weighted by Crippen LogP contribution is -2.46. The Morgan fingerprint density at radius 2 is 1.84 bits per heavy atom. The number of hydrogen-bond acceptors (Lipinski definition) is 5. The van der Waals surface area contributed by atoms with Crippen LogP contribution in [0.4, 0.5) is 5.69 Å². The van der Waals surface area contributed by atoms with Crippen molar-refractivity contribution >= 4 is 27.5 Å². The maximum absolute atomic E-state index is 13.3. The van der Waals surface area contributed by atoms with Gasteiger partial charge in [0.2, 0.25) is 21.8 Å². The number of nitrogens with one attached hydrogen (secondary N) is 2. The van der Waals surface area contributed by atoms with Gasteiger partial charge in [-0.1, -0.05) is 19.8 Å². The van der Waals surface area contributed by atoms with Crippen molar-refractivity contribution in [3.8, 4) is 0 Å². The topological polar surface area (TPSA) is 109 Å². The van der Waals surface area contributed by atoms with Crippen LogP contribution in [0.15, 0.2) is 52.0 Å². The Morgan fingerprint density at radius 3 is 2.45 bits per heavy atom. The molecule has 1 saturated carbocycles. The van der Waals surface area contributed by atoms with E-state index in [-0.39, 0.29) is 35.8 Å². The standard InChI is InChI=1S/C22H29N3O5S/c1-16-6-3-4-8-21(16)24-22(27)15-25(14-19-7-5-13-30-19)31(28,29)20-11-9-18(10-12-20)23-17(2)26/h5,7,9-13,16,21H,3-4,6,8,14-15H2,1-2H3,(H,23,26)(H,24,27). The normalized spacial score (nSPS) is 19.2. The van der Waals surface area contributed by atoms with Gasteiger partial charge in [0.1, 0.15) is 5.76 Å². The molecule has 168 valence electrons. The molecule has 1 heterocycles. The number of nitrogens with zero attached hydrogens (tertiary/aromatic N) is 1. The van der Waals surface area contributed by atoms with Crippen LogP contribution in [-0.4, -0.2) is 37.1 Å². The molecule has 9 heteroatoms. The molecule has 0 radical (unpaired) electrons. The van der Waals surface area contributed by atoms with Crippen molar-refractivity contribution in [2.45, 2.75) is 57.0 Å². The van der Waals surface area contributed by atoms with E-state index in [1.165, 1.54) is 37.5 Å². The molecule has 1 aliphatic rings. The monoisotopic (exact) mass is 447 g/mol.